The molecule has 1 rings (SSSR count). The van der Waals surface area contributed by atoms with E-state index in [9.17, 15) is 4.79 Å². The molecule has 0 fully saturated rings. The minimum Gasteiger partial charge on any atom is -0.339 e. The molecule has 0 N–H and O–H groups in total. The minimum absolute atomic E-state index is 0.00109. The summed E-state index contributed by atoms with van der Waals surface area (Å²) in [4.78, 5) is 18.0. The summed E-state index contributed by atoms with van der Waals surface area (Å²) in [6.45, 7) is 6.26. The molecule has 0 aliphatic rings. The Morgan fingerprint density at radius 1 is 1.44 bits per heavy atom. The fourth-order valence-electron chi connectivity index (χ4n) is 1.37. The van der Waals surface area contributed by atoms with Crippen molar-refractivity contribution >= 4 is 21.8 Å². The predicted octanol–water partition coefficient (Wildman–Crippen LogP) is 2.96. The van der Waals surface area contributed by atoms with Gasteiger partial charge in [-0.2, -0.15) is 0 Å². The molecular weight excluding hydrogens is 268 g/mol. The molecule has 88 valence electrons. The SMILES string of the molecule is CC(C)C(C)N(C)C(=O)c1cccnc1Br. The van der Waals surface area contributed by atoms with Gasteiger partial charge in [-0.05, 0) is 40.9 Å². The summed E-state index contributed by atoms with van der Waals surface area (Å²) in [6.07, 6.45) is 1.66. The molecule has 4 heteroatoms. The van der Waals surface area contributed by atoms with E-state index in [1.165, 1.54) is 0 Å². The van der Waals surface area contributed by atoms with Crippen LogP contribution in [0.5, 0.6) is 0 Å². The minimum atomic E-state index is 0.00109. The topological polar surface area (TPSA) is 33.2 Å². The second-order valence-corrected chi connectivity index (χ2v) is 4.99. The first kappa shape index (κ1) is 13.2. The van der Waals surface area contributed by atoms with Gasteiger partial charge in [-0.15, -0.1) is 0 Å². The Morgan fingerprint density at radius 2 is 2.06 bits per heavy atom. The summed E-state index contributed by atoms with van der Waals surface area (Å²) < 4.78 is 0.600. The quantitative estimate of drug-likeness (QED) is 0.800. The molecule has 1 aromatic rings. The van der Waals surface area contributed by atoms with E-state index in [4.69, 9.17) is 0 Å². The third-order valence-corrected chi connectivity index (χ3v) is 3.52. The van der Waals surface area contributed by atoms with Crippen LogP contribution in [0.2, 0.25) is 0 Å². The Morgan fingerprint density at radius 3 is 2.56 bits per heavy atom. The van der Waals surface area contributed by atoms with E-state index < -0.39 is 0 Å². The number of hydrogen-bond donors (Lipinski definition) is 0. The average molecular weight is 285 g/mol. The van der Waals surface area contributed by atoms with Gasteiger partial charge in [0.1, 0.15) is 4.60 Å². The van der Waals surface area contributed by atoms with Crippen molar-refractivity contribution in [2.75, 3.05) is 7.05 Å². The van der Waals surface area contributed by atoms with Gasteiger partial charge in [0.15, 0.2) is 0 Å². The summed E-state index contributed by atoms with van der Waals surface area (Å²) in [6, 6.07) is 3.76. The molecule has 1 unspecified atom stereocenters. The van der Waals surface area contributed by atoms with Crippen LogP contribution < -0.4 is 0 Å². The molecule has 16 heavy (non-hydrogen) atoms. The molecule has 0 radical (unpaired) electrons. The van der Waals surface area contributed by atoms with Crippen molar-refractivity contribution in [3.8, 4) is 0 Å². The summed E-state index contributed by atoms with van der Waals surface area (Å²) >= 11 is 3.29. The molecule has 0 aromatic carbocycles. The average Bonchev–Trinajstić information content (AvgIpc) is 2.26. The lowest BCUT2D eigenvalue weighted by Gasteiger charge is -2.28. The molecule has 0 spiro atoms. The zero-order valence-corrected chi connectivity index (χ0v) is 11.7. The van der Waals surface area contributed by atoms with Crippen LogP contribution in [0.4, 0.5) is 0 Å². The van der Waals surface area contributed by atoms with Crippen LogP contribution in [0.3, 0.4) is 0 Å². The lowest BCUT2D eigenvalue weighted by atomic mass is 10.0. The molecule has 0 saturated heterocycles. The monoisotopic (exact) mass is 284 g/mol. The highest BCUT2D eigenvalue weighted by atomic mass is 79.9. The van der Waals surface area contributed by atoms with Crippen LogP contribution in [-0.4, -0.2) is 28.9 Å². The number of carbonyl (C=O) groups is 1. The second kappa shape index (κ2) is 5.43. The molecule has 1 heterocycles. The molecule has 0 bridgehead atoms. The number of halogens is 1. The molecule has 0 saturated carbocycles. The molecule has 1 aromatic heterocycles. The first-order valence-corrected chi connectivity index (χ1v) is 6.12. The standard InChI is InChI=1S/C12H17BrN2O/c1-8(2)9(3)15(4)12(16)10-6-5-7-14-11(10)13/h5-9H,1-4H3. The normalized spacial score (nSPS) is 12.6. The van der Waals surface area contributed by atoms with Crippen LogP contribution >= 0.6 is 15.9 Å². The van der Waals surface area contributed by atoms with Crippen LogP contribution in [0.1, 0.15) is 31.1 Å². The fourth-order valence-corrected chi connectivity index (χ4v) is 1.79. The van der Waals surface area contributed by atoms with E-state index in [2.05, 4.69) is 34.8 Å². The largest absolute Gasteiger partial charge is 0.339 e. The number of hydrogen-bond acceptors (Lipinski definition) is 2. The molecule has 3 nitrogen and oxygen atoms in total. The summed E-state index contributed by atoms with van der Waals surface area (Å²) in [7, 11) is 1.83. The Kier molecular flexibility index (Phi) is 4.47. The number of rotatable bonds is 3. The lowest BCUT2D eigenvalue weighted by molar-refractivity contribution is 0.0705. The number of pyridine rings is 1. The van der Waals surface area contributed by atoms with Crippen LogP contribution in [0.15, 0.2) is 22.9 Å². The van der Waals surface area contributed by atoms with Crippen LogP contribution in [-0.2, 0) is 0 Å². The zero-order valence-electron chi connectivity index (χ0n) is 10.1. The number of nitrogens with zero attached hydrogens (tertiary/aromatic N) is 2. The van der Waals surface area contributed by atoms with E-state index >= 15 is 0 Å². The molecule has 1 amide bonds. The van der Waals surface area contributed by atoms with Gasteiger partial charge in [-0.25, -0.2) is 4.98 Å². The van der Waals surface area contributed by atoms with Gasteiger partial charge in [0.05, 0.1) is 5.56 Å². The van der Waals surface area contributed by atoms with E-state index in [-0.39, 0.29) is 11.9 Å². The first-order chi connectivity index (χ1) is 7.45. The van der Waals surface area contributed by atoms with E-state index in [1.807, 2.05) is 14.0 Å². The summed E-state index contributed by atoms with van der Waals surface area (Å²) in [5, 5.41) is 0. The van der Waals surface area contributed by atoms with Gasteiger partial charge in [0.2, 0.25) is 0 Å². The number of carbonyl (C=O) groups excluding carboxylic acids is 1. The zero-order chi connectivity index (χ0) is 12.3. The Bertz CT molecular complexity index is 379. The van der Waals surface area contributed by atoms with Crippen LogP contribution in [0, 0.1) is 5.92 Å². The Hall–Kier alpha value is -0.900. The summed E-state index contributed by atoms with van der Waals surface area (Å²) in [5.41, 5.74) is 0.609. The van der Waals surface area contributed by atoms with Crippen LogP contribution in [0.25, 0.3) is 0 Å². The van der Waals surface area contributed by atoms with Gasteiger partial charge in [-0.1, -0.05) is 13.8 Å². The highest BCUT2D eigenvalue weighted by Gasteiger charge is 2.21. The molecule has 1 atom stereocenters. The van der Waals surface area contributed by atoms with Gasteiger partial charge in [-0.3, -0.25) is 4.79 Å². The molecule has 0 aliphatic heterocycles. The number of aromatic nitrogens is 1. The third kappa shape index (κ3) is 2.82. The van der Waals surface area contributed by atoms with Gasteiger partial charge in [0.25, 0.3) is 5.91 Å². The predicted molar refractivity (Wildman–Crippen MR) is 68.3 cm³/mol. The van der Waals surface area contributed by atoms with Crippen molar-refractivity contribution < 1.29 is 4.79 Å². The lowest BCUT2D eigenvalue weighted by Crippen LogP contribution is -2.38. The van der Waals surface area contributed by atoms with E-state index in [0.29, 0.717) is 16.1 Å². The maximum atomic E-state index is 12.2. The van der Waals surface area contributed by atoms with Crippen molar-refractivity contribution in [1.29, 1.82) is 0 Å². The highest BCUT2D eigenvalue weighted by Crippen LogP contribution is 2.17. The molecule has 0 aliphatic carbocycles. The molecular formula is C12H17BrN2O. The van der Waals surface area contributed by atoms with Crippen molar-refractivity contribution in [2.45, 2.75) is 26.8 Å². The van der Waals surface area contributed by atoms with Gasteiger partial charge >= 0.3 is 0 Å². The maximum Gasteiger partial charge on any atom is 0.256 e. The van der Waals surface area contributed by atoms with Gasteiger partial charge < -0.3 is 4.90 Å². The van der Waals surface area contributed by atoms with Gasteiger partial charge in [0, 0.05) is 19.3 Å². The number of amides is 1. The van der Waals surface area contributed by atoms with Crippen molar-refractivity contribution in [3.05, 3.63) is 28.5 Å². The summed E-state index contributed by atoms with van der Waals surface area (Å²) in [5.74, 6) is 0.436. The van der Waals surface area contributed by atoms with E-state index in [1.54, 1.807) is 23.2 Å². The second-order valence-electron chi connectivity index (χ2n) is 4.24. The smallest absolute Gasteiger partial charge is 0.256 e. The Balaban J connectivity index is 2.91. The van der Waals surface area contributed by atoms with Crippen molar-refractivity contribution in [2.24, 2.45) is 5.92 Å². The fraction of sp³-hybridized carbons (Fsp3) is 0.500. The highest BCUT2D eigenvalue weighted by molar-refractivity contribution is 9.10. The maximum absolute atomic E-state index is 12.2. The first-order valence-electron chi connectivity index (χ1n) is 5.32. The third-order valence-electron chi connectivity index (χ3n) is 2.89. The van der Waals surface area contributed by atoms with Crippen molar-refractivity contribution in [3.63, 3.8) is 0 Å². The van der Waals surface area contributed by atoms with E-state index in [0.717, 1.165) is 0 Å². The Labute approximate surface area is 105 Å². The van der Waals surface area contributed by atoms with Crippen molar-refractivity contribution in [1.82, 2.24) is 9.88 Å².